The number of nitrogens with one attached hydrogen (secondary N) is 1. The molecule has 0 bridgehead atoms. The second-order valence-corrected chi connectivity index (χ2v) is 5.97. The highest BCUT2D eigenvalue weighted by atomic mass is 32.2. The van der Waals surface area contributed by atoms with E-state index in [9.17, 15) is 0 Å². The fourth-order valence-electron chi connectivity index (χ4n) is 2.95. The van der Waals surface area contributed by atoms with Gasteiger partial charge in [0, 0.05) is 27.2 Å². The molecule has 0 heterocycles. The predicted molar refractivity (Wildman–Crippen MR) is 90.6 cm³/mol. The van der Waals surface area contributed by atoms with Crippen molar-refractivity contribution in [2.45, 2.75) is 16.9 Å². The van der Waals surface area contributed by atoms with Crippen LogP contribution in [0.15, 0.2) is 30.3 Å². The third-order valence-electron chi connectivity index (χ3n) is 3.91. The molecule has 118 valence electrons. The van der Waals surface area contributed by atoms with Gasteiger partial charge in [-0.3, -0.25) is 4.99 Å². The average molecular weight is 311 g/mol. The largest absolute Gasteiger partial charge is 0.382 e. The van der Waals surface area contributed by atoms with Crippen LogP contribution in [0.3, 0.4) is 0 Å². The summed E-state index contributed by atoms with van der Waals surface area (Å²) in [6.45, 7) is 8.66. The van der Waals surface area contributed by atoms with Gasteiger partial charge in [0.2, 0.25) is 0 Å². The molecule has 0 amide bonds. The summed E-state index contributed by atoms with van der Waals surface area (Å²) in [5.74, 6) is 0.111. The first-order valence-corrected chi connectivity index (χ1v) is 7.71. The van der Waals surface area contributed by atoms with E-state index in [4.69, 9.17) is 14.9 Å². The number of hydrogen-bond donors (Lipinski definition) is 1. The van der Waals surface area contributed by atoms with E-state index in [1.54, 1.807) is 20.3 Å². The third-order valence-corrected chi connectivity index (χ3v) is 5.02. The highest BCUT2D eigenvalue weighted by Gasteiger charge is 2.63. The Kier molecular flexibility index (Phi) is 7.14. The van der Waals surface area contributed by atoms with Crippen molar-refractivity contribution < 1.29 is 9.47 Å². The van der Waals surface area contributed by atoms with Crippen LogP contribution >= 0.6 is 11.8 Å². The molecule has 5 nitrogen and oxygen atoms in total. The van der Waals surface area contributed by atoms with Crippen molar-refractivity contribution in [1.82, 2.24) is 4.90 Å². The zero-order valence-corrected chi connectivity index (χ0v) is 13.8. The summed E-state index contributed by atoms with van der Waals surface area (Å²) >= 11 is 1.45. The zero-order chi connectivity index (χ0) is 15.9. The maximum Gasteiger partial charge on any atom is 0.113 e. The SMILES string of the molecule is C=CCN=CN(C)C1C(C=C)C(COC)(OC)C1SC=N. The van der Waals surface area contributed by atoms with E-state index in [0.717, 1.165) is 0 Å². The first-order valence-electron chi connectivity index (χ1n) is 6.76. The molecule has 1 fully saturated rings. The maximum atomic E-state index is 7.43. The lowest BCUT2D eigenvalue weighted by Crippen LogP contribution is -2.74. The molecule has 1 saturated carbocycles. The van der Waals surface area contributed by atoms with Crippen molar-refractivity contribution in [3.05, 3.63) is 25.3 Å². The molecular weight excluding hydrogens is 286 g/mol. The van der Waals surface area contributed by atoms with E-state index in [2.05, 4.69) is 23.1 Å². The fraction of sp³-hybridized carbons (Fsp3) is 0.600. The van der Waals surface area contributed by atoms with Crippen LogP contribution < -0.4 is 0 Å². The summed E-state index contributed by atoms with van der Waals surface area (Å²) in [6, 6.07) is 0.165. The highest BCUT2D eigenvalue weighted by Crippen LogP contribution is 2.50. The molecular formula is C15H25N3O2S. The summed E-state index contributed by atoms with van der Waals surface area (Å²) in [5, 5.41) is 7.51. The Morgan fingerprint density at radius 2 is 2.14 bits per heavy atom. The van der Waals surface area contributed by atoms with E-state index >= 15 is 0 Å². The fourth-order valence-corrected chi connectivity index (χ4v) is 4.18. The Hall–Kier alpha value is -1.11. The van der Waals surface area contributed by atoms with Crippen molar-refractivity contribution in [2.75, 3.05) is 34.4 Å². The van der Waals surface area contributed by atoms with Gasteiger partial charge in [0.1, 0.15) is 5.60 Å². The van der Waals surface area contributed by atoms with Crippen molar-refractivity contribution in [1.29, 1.82) is 5.41 Å². The van der Waals surface area contributed by atoms with Gasteiger partial charge in [0.25, 0.3) is 0 Å². The molecule has 0 spiro atoms. The Bertz CT molecular complexity index is 402. The van der Waals surface area contributed by atoms with E-state index in [-0.39, 0.29) is 17.2 Å². The summed E-state index contributed by atoms with van der Waals surface area (Å²) < 4.78 is 11.1. The number of aliphatic imine (C=N–C) groups is 1. The monoisotopic (exact) mass is 311 g/mol. The minimum Gasteiger partial charge on any atom is -0.382 e. The van der Waals surface area contributed by atoms with Gasteiger partial charge in [0.15, 0.2) is 0 Å². The predicted octanol–water partition coefficient (Wildman–Crippen LogP) is 2.06. The number of rotatable bonds is 10. The van der Waals surface area contributed by atoms with Gasteiger partial charge in [-0.15, -0.1) is 24.9 Å². The molecule has 4 atom stereocenters. The van der Waals surface area contributed by atoms with Gasteiger partial charge in [0.05, 0.1) is 36.3 Å². The topological polar surface area (TPSA) is 57.9 Å². The van der Waals surface area contributed by atoms with Crippen molar-refractivity contribution in [3.63, 3.8) is 0 Å². The number of methoxy groups -OCH3 is 2. The van der Waals surface area contributed by atoms with Crippen LogP contribution in [0.4, 0.5) is 0 Å². The summed E-state index contributed by atoms with van der Waals surface area (Å²) in [4.78, 5) is 6.35. The average Bonchev–Trinajstić information content (AvgIpc) is 2.48. The van der Waals surface area contributed by atoms with Gasteiger partial charge >= 0.3 is 0 Å². The second-order valence-electron chi connectivity index (χ2n) is 4.95. The van der Waals surface area contributed by atoms with E-state index in [0.29, 0.717) is 13.2 Å². The van der Waals surface area contributed by atoms with Crippen LogP contribution in [-0.4, -0.2) is 68.1 Å². The normalized spacial score (nSPS) is 31.7. The highest BCUT2D eigenvalue weighted by molar-refractivity contribution is 8.12. The molecule has 6 heteroatoms. The maximum absolute atomic E-state index is 7.43. The molecule has 1 aliphatic rings. The third kappa shape index (κ3) is 3.39. The first kappa shape index (κ1) is 17.9. The molecule has 0 aromatic rings. The molecule has 0 radical (unpaired) electrons. The van der Waals surface area contributed by atoms with Gasteiger partial charge < -0.3 is 19.8 Å². The van der Waals surface area contributed by atoms with E-state index in [1.165, 1.54) is 17.3 Å². The lowest BCUT2D eigenvalue weighted by Gasteiger charge is -2.60. The molecule has 4 unspecified atom stereocenters. The minimum atomic E-state index is -0.454. The Balaban J connectivity index is 2.98. The Morgan fingerprint density at radius 1 is 1.43 bits per heavy atom. The quantitative estimate of drug-likeness (QED) is 0.381. The van der Waals surface area contributed by atoms with Crippen molar-refractivity contribution in [3.8, 4) is 0 Å². The van der Waals surface area contributed by atoms with Crippen LogP contribution in [0.25, 0.3) is 0 Å². The second kappa shape index (κ2) is 8.36. The van der Waals surface area contributed by atoms with Gasteiger partial charge in [-0.25, -0.2) is 0 Å². The van der Waals surface area contributed by atoms with Crippen molar-refractivity contribution >= 4 is 23.6 Å². The number of nitrogens with zero attached hydrogens (tertiary/aromatic N) is 2. The smallest absolute Gasteiger partial charge is 0.113 e. The van der Waals surface area contributed by atoms with Gasteiger partial charge in [-0.05, 0) is 0 Å². The number of ether oxygens (including phenoxy) is 2. The first-order chi connectivity index (χ1) is 10.1. The Labute approximate surface area is 131 Å². The number of thioether (sulfide) groups is 1. The standard InChI is InChI=1S/C15H25N3O2S/c1-6-8-17-11-18(3)13-12(7-2)15(20-5,9-19-4)14(13)21-10-16/h6-7,10-14,16H,1-2,8-9H2,3-5H3. The lowest BCUT2D eigenvalue weighted by molar-refractivity contribution is -0.163. The van der Waals surface area contributed by atoms with Crippen LogP contribution in [0.1, 0.15) is 0 Å². The molecule has 1 aliphatic carbocycles. The lowest BCUT2D eigenvalue weighted by atomic mass is 9.64. The molecule has 1 N–H and O–H groups in total. The molecule has 0 saturated heterocycles. The van der Waals surface area contributed by atoms with Crippen molar-refractivity contribution in [2.24, 2.45) is 10.9 Å². The van der Waals surface area contributed by atoms with Gasteiger partial charge in [-0.2, -0.15) is 0 Å². The molecule has 0 aliphatic heterocycles. The van der Waals surface area contributed by atoms with Crippen LogP contribution in [0.5, 0.6) is 0 Å². The zero-order valence-electron chi connectivity index (χ0n) is 13.0. The van der Waals surface area contributed by atoms with Crippen LogP contribution in [-0.2, 0) is 9.47 Å². The van der Waals surface area contributed by atoms with Crippen LogP contribution in [0.2, 0.25) is 0 Å². The molecule has 1 rings (SSSR count). The van der Waals surface area contributed by atoms with Crippen LogP contribution in [0, 0.1) is 11.3 Å². The summed E-state index contributed by atoms with van der Waals surface area (Å²) in [6.07, 6.45) is 5.48. The summed E-state index contributed by atoms with van der Waals surface area (Å²) in [7, 11) is 5.34. The Morgan fingerprint density at radius 3 is 2.62 bits per heavy atom. The van der Waals surface area contributed by atoms with E-state index in [1.807, 2.05) is 19.5 Å². The molecule has 0 aromatic heterocycles. The summed E-state index contributed by atoms with van der Waals surface area (Å²) in [5.41, 5.74) is 0.902. The van der Waals surface area contributed by atoms with E-state index < -0.39 is 5.60 Å². The molecule has 0 aromatic carbocycles. The van der Waals surface area contributed by atoms with Gasteiger partial charge in [-0.1, -0.05) is 12.2 Å². The molecule has 21 heavy (non-hydrogen) atoms. The number of hydrogen-bond acceptors (Lipinski definition) is 5. The minimum absolute atomic E-state index is 0.0862.